The van der Waals surface area contributed by atoms with Gasteiger partial charge in [0.2, 0.25) is 5.95 Å². The van der Waals surface area contributed by atoms with E-state index in [-0.39, 0.29) is 5.91 Å². The third kappa shape index (κ3) is 3.50. The molecule has 2 aromatic rings. The number of halogens is 1. The van der Waals surface area contributed by atoms with Crippen LogP contribution in [-0.4, -0.2) is 58.6 Å². The SMILES string of the molecule is O=C(c1cncc(Br)c1)N1CCc2cnc(N3CCOCC3)nc2C1. The molecule has 8 heteroatoms. The van der Waals surface area contributed by atoms with Crippen molar-refractivity contribution in [2.45, 2.75) is 13.0 Å². The van der Waals surface area contributed by atoms with Crippen molar-refractivity contribution < 1.29 is 9.53 Å². The zero-order valence-electron chi connectivity index (χ0n) is 13.7. The predicted octanol–water partition coefficient (Wildman–Crippen LogP) is 1.67. The second-order valence-electron chi connectivity index (χ2n) is 6.11. The first kappa shape index (κ1) is 16.4. The molecule has 7 nitrogen and oxygen atoms in total. The van der Waals surface area contributed by atoms with E-state index in [1.165, 1.54) is 0 Å². The quantitative estimate of drug-likeness (QED) is 0.759. The Morgan fingerprint density at radius 3 is 2.80 bits per heavy atom. The van der Waals surface area contributed by atoms with E-state index in [1.807, 2.05) is 11.1 Å². The van der Waals surface area contributed by atoms with E-state index in [0.29, 0.717) is 31.9 Å². The third-order valence-electron chi connectivity index (χ3n) is 4.47. The maximum absolute atomic E-state index is 12.7. The number of ether oxygens (including phenoxy) is 1. The molecule has 25 heavy (non-hydrogen) atoms. The fraction of sp³-hybridized carbons (Fsp3) is 0.412. The number of fused-ring (bicyclic) bond motifs is 1. The third-order valence-corrected chi connectivity index (χ3v) is 4.90. The molecular formula is C17H18BrN5O2. The summed E-state index contributed by atoms with van der Waals surface area (Å²) in [6.07, 6.45) is 5.94. The van der Waals surface area contributed by atoms with Crippen LogP contribution in [0.15, 0.2) is 29.1 Å². The molecule has 130 valence electrons. The number of hydrogen-bond acceptors (Lipinski definition) is 6. The van der Waals surface area contributed by atoms with Gasteiger partial charge in [-0.05, 0) is 34.0 Å². The lowest BCUT2D eigenvalue weighted by atomic mass is 10.1. The van der Waals surface area contributed by atoms with Gasteiger partial charge >= 0.3 is 0 Å². The lowest BCUT2D eigenvalue weighted by molar-refractivity contribution is 0.0731. The van der Waals surface area contributed by atoms with Gasteiger partial charge in [0.1, 0.15) is 0 Å². The smallest absolute Gasteiger partial charge is 0.255 e. The molecule has 0 spiro atoms. The Labute approximate surface area is 154 Å². The molecule has 1 amide bonds. The summed E-state index contributed by atoms with van der Waals surface area (Å²) in [6.45, 7) is 4.15. The standard InChI is InChI=1S/C17H18BrN5O2/c18-14-7-13(8-19-10-14)16(24)23-2-1-12-9-20-17(21-15(12)11-23)22-3-5-25-6-4-22/h7-10H,1-6,11H2. The number of pyridine rings is 1. The van der Waals surface area contributed by atoms with Crippen molar-refractivity contribution in [3.8, 4) is 0 Å². The molecule has 0 radical (unpaired) electrons. The van der Waals surface area contributed by atoms with Gasteiger partial charge in [0.15, 0.2) is 0 Å². The molecule has 0 bridgehead atoms. The average Bonchev–Trinajstić information content (AvgIpc) is 2.67. The first-order valence-corrected chi connectivity index (χ1v) is 9.07. The van der Waals surface area contributed by atoms with Gasteiger partial charge in [0, 0.05) is 42.7 Å². The van der Waals surface area contributed by atoms with Crippen LogP contribution in [0.25, 0.3) is 0 Å². The number of carbonyl (C=O) groups is 1. The number of amides is 1. The zero-order valence-corrected chi connectivity index (χ0v) is 15.3. The van der Waals surface area contributed by atoms with Gasteiger partial charge in [-0.3, -0.25) is 9.78 Å². The average molecular weight is 404 g/mol. The summed E-state index contributed by atoms with van der Waals surface area (Å²) >= 11 is 3.36. The lowest BCUT2D eigenvalue weighted by Crippen LogP contribution is -2.39. The van der Waals surface area contributed by atoms with E-state index in [4.69, 9.17) is 9.72 Å². The second kappa shape index (κ2) is 7.05. The molecule has 1 saturated heterocycles. The highest BCUT2D eigenvalue weighted by molar-refractivity contribution is 9.10. The van der Waals surface area contributed by atoms with Crippen LogP contribution < -0.4 is 4.90 Å². The summed E-state index contributed by atoms with van der Waals surface area (Å²) in [6, 6.07) is 1.80. The van der Waals surface area contributed by atoms with Crippen LogP contribution in [0.5, 0.6) is 0 Å². The Morgan fingerprint density at radius 2 is 2.00 bits per heavy atom. The summed E-state index contributed by atoms with van der Waals surface area (Å²) in [5, 5.41) is 0. The summed E-state index contributed by atoms with van der Waals surface area (Å²) in [7, 11) is 0. The summed E-state index contributed by atoms with van der Waals surface area (Å²) < 4.78 is 6.18. The van der Waals surface area contributed by atoms with Crippen LogP contribution in [0.1, 0.15) is 21.6 Å². The van der Waals surface area contributed by atoms with Crippen LogP contribution >= 0.6 is 15.9 Å². The van der Waals surface area contributed by atoms with Crippen LogP contribution in [0.4, 0.5) is 5.95 Å². The van der Waals surface area contributed by atoms with E-state index < -0.39 is 0 Å². The topological polar surface area (TPSA) is 71.5 Å². The monoisotopic (exact) mass is 403 g/mol. The molecule has 2 aliphatic heterocycles. The van der Waals surface area contributed by atoms with Crippen molar-refractivity contribution in [3.05, 3.63) is 46.0 Å². The minimum atomic E-state index is -0.0222. The largest absolute Gasteiger partial charge is 0.378 e. The first-order valence-electron chi connectivity index (χ1n) is 8.28. The van der Waals surface area contributed by atoms with Crippen LogP contribution in [-0.2, 0) is 17.7 Å². The molecule has 0 N–H and O–H groups in total. The number of nitrogens with zero attached hydrogens (tertiary/aromatic N) is 5. The maximum Gasteiger partial charge on any atom is 0.255 e. The Balaban J connectivity index is 1.54. The number of aromatic nitrogens is 3. The Hall–Kier alpha value is -2.06. The summed E-state index contributed by atoms with van der Waals surface area (Å²) in [4.78, 5) is 30.0. The van der Waals surface area contributed by atoms with Gasteiger partial charge in [0.25, 0.3) is 5.91 Å². The number of morpholine rings is 1. The molecule has 0 unspecified atom stereocenters. The molecule has 0 atom stereocenters. The predicted molar refractivity (Wildman–Crippen MR) is 95.4 cm³/mol. The highest BCUT2D eigenvalue weighted by Gasteiger charge is 2.25. The van der Waals surface area contributed by atoms with E-state index in [9.17, 15) is 4.79 Å². The van der Waals surface area contributed by atoms with Gasteiger partial charge in [0.05, 0.1) is 31.0 Å². The van der Waals surface area contributed by atoms with Crippen LogP contribution in [0.3, 0.4) is 0 Å². The molecular weight excluding hydrogens is 386 g/mol. The van der Waals surface area contributed by atoms with Gasteiger partial charge in [-0.2, -0.15) is 0 Å². The number of rotatable bonds is 2. The van der Waals surface area contributed by atoms with E-state index in [1.54, 1.807) is 18.5 Å². The minimum absolute atomic E-state index is 0.0222. The molecule has 2 aliphatic rings. The van der Waals surface area contributed by atoms with E-state index in [2.05, 4.69) is 30.8 Å². The fourth-order valence-electron chi connectivity index (χ4n) is 3.09. The lowest BCUT2D eigenvalue weighted by Gasteiger charge is -2.30. The number of anilines is 1. The normalized spacial score (nSPS) is 17.3. The van der Waals surface area contributed by atoms with Crippen molar-refractivity contribution in [3.63, 3.8) is 0 Å². The van der Waals surface area contributed by atoms with E-state index in [0.717, 1.165) is 41.2 Å². The van der Waals surface area contributed by atoms with Crippen molar-refractivity contribution >= 4 is 27.8 Å². The highest BCUT2D eigenvalue weighted by atomic mass is 79.9. The van der Waals surface area contributed by atoms with Gasteiger partial charge < -0.3 is 14.5 Å². The van der Waals surface area contributed by atoms with Crippen molar-refractivity contribution in [2.24, 2.45) is 0 Å². The molecule has 0 saturated carbocycles. The van der Waals surface area contributed by atoms with Crippen molar-refractivity contribution in [1.29, 1.82) is 0 Å². The first-order chi connectivity index (χ1) is 12.2. The Morgan fingerprint density at radius 1 is 1.16 bits per heavy atom. The van der Waals surface area contributed by atoms with Gasteiger partial charge in [-0.1, -0.05) is 0 Å². The molecule has 0 aliphatic carbocycles. The van der Waals surface area contributed by atoms with Crippen LogP contribution in [0.2, 0.25) is 0 Å². The second-order valence-corrected chi connectivity index (χ2v) is 7.03. The number of carbonyl (C=O) groups excluding carboxylic acids is 1. The van der Waals surface area contributed by atoms with Gasteiger partial charge in [-0.25, -0.2) is 9.97 Å². The van der Waals surface area contributed by atoms with Crippen molar-refractivity contribution in [2.75, 3.05) is 37.7 Å². The van der Waals surface area contributed by atoms with E-state index >= 15 is 0 Å². The van der Waals surface area contributed by atoms with Crippen molar-refractivity contribution in [1.82, 2.24) is 19.9 Å². The molecule has 2 aromatic heterocycles. The summed E-state index contributed by atoms with van der Waals surface area (Å²) in [5.41, 5.74) is 2.63. The molecule has 0 aromatic carbocycles. The fourth-order valence-corrected chi connectivity index (χ4v) is 3.46. The minimum Gasteiger partial charge on any atom is -0.378 e. The molecule has 4 heterocycles. The Bertz CT molecular complexity index is 794. The summed E-state index contributed by atoms with van der Waals surface area (Å²) in [5.74, 6) is 0.700. The zero-order chi connectivity index (χ0) is 17.2. The molecule has 4 rings (SSSR count). The van der Waals surface area contributed by atoms with Gasteiger partial charge in [-0.15, -0.1) is 0 Å². The Kier molecular flexibility index (Phi) is 4.63. The highest BCUT2D eigenvalue weighted by Crippen LogP contribution is 2.21. The van der Waals surface area contributed by atoms with Crippen LogP contribution in [0, 0.1) is 0 Å². The molecule has 1 fully saturated rings. The maximum atomic E-state index is 12.7. The number of hydrogen-bond donors (Lipinski definition) is 0.